The Hall–Kier alpha value is -6.57. The van der Waals surface area contributed by atoms with Crippen molar-refractivity contribution >= 4 is 40.5 Å². The predicted octanol–water partition coefficient (Wildman–Crippen LogP) is 7.89. The number of carbonyl (C=O) groups excluding carboxylic acids is 4. The Labute approximate surface area is 419 Å². The standard InChI is InChI=1S/C56H64F2N8O6/c1-32-29-65(26-22-37(32)30-64-24-20-35(21-25-64)40-12-9-13-42-51(40)63(4)62-53(42)66-27-23-46(67)61-55(66)70)54(69)36-14-16-39(17-15-36)60-31-56(38-10-7-6-8-11-38)34(3)48-45(72-56)28-43(57)33(2)47(48)49-41(52(59)68)18-19-44(71-5)50(49)58/h6-7,9-10,12-13,18-19,28,32,34-37,39,60H,14-17,20-27,29-31H2,1-5H3,(H2,59,68)(H,61,67,70). The van der Waals surface area contributed by atoms with E-state index in [-0.39, 0.29) is 63.9 Å². The SMILES string of the molecule is COc1ccc(C(N)=O)c(-c2c(C)c(F)cc3c2C(C)C(CNC2CCC(C(=O)N4CCC(CN5CCC(c6cccc7c(N8CCC(=O)NC8=O)nn(C)c67)CC5)C(C)C4)CC2)(c2c#cccc2)O3)c1F. The van der Waals surface area contributed by atoms with Gasteiger partial charge in [0.2, 0.25) is 17.7 Å². The first-order valence-corrected chi connectivity index (χ1v) is 25.6. The molecule has 3 saturated heterocycles. The minimum absolute atomic E-state index is 0.0466. The Balaban J connectivity index is 0.746. The topological polar surface area (TPSA) is 164 Å². The van der Waals surface area contributed by atoms with Crippen LogP contribution in [0.5, 0.6) is 11.5 Å². The number of ether oxygens (including phenoxy) is 2. The molecule has 1 saturated carbocycles. The fourth-order valence-corrected chi connectivity index (χ4v) is 12.6. The van der Waals surface area contributed by atoms with Crippen LogP contribution in [-0.4, -0.2) is 102 Å². The number of imide groups is 1. The number of urea groups is 1. The summed E-state index contributed by atoms with van der Waals surface area (Å²) in [5.74, 6) is -0.835. The number of fused-ring (bicyclic) bond motifs is 2. The van der Waals surface area contributed by atoms with Crippen molar-refractivity contribution < 1.29 is 37.4 Å². The van der Waals surface area contributed by atoms with Crippen molar-refractivity contribution in [2.75, 3.05) is 57.8 Å². The van der Waals surface area contributed by atoms with Gasteiger partial charge in [0, 0.05) is 92.2 Å². The lowest BCUT2D eigenvalue weighted by Gasteiger charge is -2.42. The maximum Gasteiger partial charge on any atom is 0.329 e. The summed E-state index contributed by atoms with van der Waals surface area (Å²) in [7, 11) is 3.25. The number of primary amides is 1. The normalized spacial score (nSPS) is 25.0. The van der Waals surface area contributed by atoms with Crippen LogP contribution in [0.2, 0.25) is 0 Å². The summed E-state index contributed by atoms with van der Waals surface area (Å²) in [6, 6.07) is 21.8. The summed E-state index contributed by atoms with van der Waals surface area (Å²) in [6.45, 7) is 11.0. The third-order valence-corrected chi connectivity index (χ3v) is 16.7. The molecule has 0 bridgehead atoms. The molecule has 4 aromatic carbocycles. The number of rotatable bonds is 12. The van der Waals surface area contributed by atoms with Crippen molar-refractivity contribution in [3.05, 3.63) is 106 Å². The molecule has 16 heteroatoms. The number of benzene rings is 3. The number of nitrogens with two attached hydrogens (primary N) is 1. The minimum Gasteiger partial charge on any atom is -0.494 e. The lowest BCUT2D eigenvalue weighted by atomic mass is 9.76. The van der Waals surface area contributed by atoms with Gasteiger partial charge in [0.1, 0.15) is 11.6 Å². The van der Waals surface area contributed by atoms with Gasteiger partial charge in [0.05, 0.1) is 18.2 Å². The molecule has 4 unspecified atom stereocenters. The largest absolute Gasteiger partial charge is 0.494 e. The molecule has 4 atom stereocenters. The quantitative estimate of drug-likeness (QED) is 0.113. The Morgan fingerprint density at radius 2 is 1.76 bits per heavy atom. The number of nitrogens with zero attached hydrogens (tertiary/aromatic N) is 5. The smallest absolute Gasteiger partial charge is 0.329 e. The molecule has 1 aromatic heterocycles. The van der Waals surface area contributed by atoms with Gasteiger partial charge in [0.25, 0.3) is 0 Å². The molecule has 0 radical (unpaired) electrons. The van der Waals surface area contributed by atoms with Gasteiger partial charge < -0.3 is 30.3 Å². The molecule has 14 nitrogen and oxygen atoms in total. The molecule has 4 aliphatic heterocycles. The fourth-order valence-electron chi connectivity index (χ4n) is 12.6. The van der Waals surface area contributed by atoms with E-state index in [4.69, 9.17) is 20.3 Å². The van der Waals surface area contributed by atoms with E-state index in [2.05, 4.69) is 51.6 Å². The number of aryl methyl sites for hydroxylation is 1. The zero-order chi connectivity index (χ0) is 50.6. The summed E-state index contributed by atoms with van der Waals surface area (Å²) < 4.78 is 46.3. The maximum absolute atomic E-state index is 16.3. The van der Waals surface area contributed by atoms with Crippen LogP contribution < -0.4 is 30.7 Å². The number of likely N-dealkylation sites (tertiary alicyclic amines) is 2. The number of para-hydroxylation sites is 1. The van der Waals surface area contributed by atoms with Crippen molar-refractivity contribution in [2.45, 2.75) is 95.6 Å². The van der Waals surface area contributed by atoms with E-state index >= 15 is 8.78 Å². The molecule has 378 valence electrons. The number of methoxy groups -OCH3 is 1. The summed E-state index contributed by atoms with van der Waals surface area (Å²) in [5.41, 5.74) is 8.37. The van der Waals surface area contributed by atoms with Crippen molar-refractivity contribution in [1.29, 1.82) is 0 Å². The van der Waals surface area contributed by atoms with Gasteiger partial charge in [-0.1, -0.05) is 44.2 Å². The van der Waals surface area contributed by atoms with Crippen LogP contribution in [-0.2, 0) is 22.2 Å². The van der Waals surface area contributed by atoms with Crippen LogP contribution in [0.25, 0.3) is 22.0 Å². The van der Waals surface area contributed by atoms with Crippen molar-refractivity contribution in [3.8, 4) is 22.6 Å². The molecular weight excluding hydrogens is 919 g/mol. The van der Waals surface area contributed by atoms with Gasteiger partial charge in [-0.2, -0.15) is 5.10 Å². The monoisotopic (exact) mass is 982 g/mol. The number of nitrogens with one attached hydrogen (secondary N) is 2. The van der Waals surface area contributed by atoms with Crippen LogP contribution in [0.1, 0.15) is 110 Å². The van der Waals surface area contributed by atoms with Gasteiger partial charge in [-0.05, 0) is 130 Å². The summed E-state index contributed by atoms with van der Waals surface area (Å²) in [4.78, 5) is 57.7. The first-order chi connectivity index (χ1) is 34.7. The second kappa shape index (κ2) is 19.8. The number of hydrogen-bond donors (Lipinski definition) is 3. The molecular formula is C56H64F2N8O6. The predicted molar refractivity (Wildman–Crippen MR) is 269 cm³/mol. The first-order valence-electron chi connectivity index (χ1n) is 25.6. The van der Waals surface area contributed by atoms with Gasteiger partial charge in [-0.25, -0.2) is 13.6 Å². The zero-order valence-corrected chi connectivity index (χ0v) is 41.8. The Kier molecular flexibility index (Phi) is 13.5. The number of carbonyl (C=O) groups is 4. The maximum atomic E-state index is 16.3. The van der Waals surface area contributed by atoms with Crippen LogP contribution in [0, 0.1) is 48.4 Å². The van der Waals surface area contributed by atoms with Gasteiger partial charge in [-0.3, -0.25) is 29.3 Å². The molecule has 5 aliphatic rings. The number of hydrogen-bond acceptors (Lipinski definition) is 9. The number of anilines is 1. The molecule has 5 heterocycles. The van der Waals surface area contributed by atoms with E-state index in [1.54, 1.807) is 17.9 Å². The van der Waals surface area contributed by atoms with E-state index in [1.165, 1.54) is 30.9 Å². The van der Waals surface area contributed by atoms with E-state index in [1.807, 2.05) is 36.9 Å². The third kappa shape index (κ3) is 8.82. The molecule has 72 heavy (non-hydrogen) atoms. The Bertz CT molecular complexity index is 2910. The fraction of sp³-hybridized carbons (Fsp3) is 0.482. The van der Waals surface area contributed by atoms with E-state index < -0.39 is 35.1 Å². The highest BCUT2D eigenvalue weighted by Gasteiger charge is 2.51. The summed E-state index contributed by atoms with van der Waals surface area (Å²) in [5, 5.41) is 11.9. The first kappa shape index (κ1) is 49.0. The molecule has 5 amide bonds. The minimum atomic E-state index is -1.10. The molecule has 5 aromatic rings. The van der Waals surface area contributed by atoms with Crippen LogP contribution >= 0.6 is 0 Å². The van der Waals surface area contributed by atoms with Gasteiger partial charge >= 0.3 is 6.03 Å². The van der Waals surface area contributed by atoms with Crippen LogP contribution in [0.15, 0.2) is 54.6 Å². The molecule has 0 spiro atoms. The third-order valence-electron chi connectivity index (χ3n) is 16.7. The second-order valence-electron chi connectivity index (χ2n) is 20.8. The highest BCUT2D eigenvalue weighted by Crippen LogP contribution is 2.55. The highest BCUT2D eigenvalue weighted by molar-refractivity contribution is 6.09. The number of aromatic nitrogens is 2. The number of amides is 5. The zero-order valence-electron chi connectivity index (χ0n) is 41.8. The van der Waals surface area contributed by atoms with Crippen molar-refractivity contribution in [2.24, 2.45) is 30.5 Å². The molecule has 10 rings (SSSR count). The molecule has 4 fully saturated rings. The Morgan fingerprint density at radius 3 is 2.46 bits per heavy atom. The van der Waals surface area contributed by atoms with E-state index in [0.29, 0.717) is 47.8 Å². The molecule has 4 N–H and O–H groups in total. The number of halogens is 2. The van der Waals surface area contributed by atoms with Gasteiger partial charge in [-0.15, -0.1) is 0 Å². The summed E-state index contributed by atoms with van der Waals surface area (Å²) in [6.07, 6.45) is 6.39. The average Bonchev–Trinajstić information content (AvgIpc) is 3.87. The lowest BCUT2D eigenvalue weighted by molar-refractivity contribution is -0.139. The number of piperidine rings is 2. The lowest BCUT2D eigenvalue weighted by Crippen LogP contribution is -2.50. The second-order valence-corrected chi connectivity index (χ2v) is 20.8. The van der Waals surface area contributed by atoms with E-state index in [9.17, 15) is 19.2 Å². The Morgan fingerprint density at radius 1 is 0.986 bits per heavy atom. The van der Waals surface area contributed by atoms with E-state index in [0.717, 1.165) is 88.6 Å². The van der Waals surface area contributed by atoms with Crippen LogP contribution in [0.3, 0.4) is 0 Å². The average molecular weight is 983 g/mol. The van der Waals surface area contributed by atoms with Crippen LogP contribution in [0.4, 0.5) is 19.4 Å². The van der Waals surface area contributed by atoms with Crippen molar-refractivity contribution in [1.82, 2.24) is 30.2 Å². The summed E-state index contributed by atoms with van der Waals surface area (Å²) >= 11 is 0. The highest BCUT2D eigenvalue weighted by atomic mass is 19.1. The molecule has 1 aliphatic carbocycles. The van der Waals surface area contributed by atoms with Gasteiger partial charge in [0.15, 0.2) is 23.0 Å². The van der Waals surface area contributed by atoms with Crippen molar-refractivity contribution in [3.63, 3.8) is 0 Å².